The van der Waals surface area contributed by atoms with Gasteiger partial charge in [0.1, 0.15) is 11.5 Å². The van der Waals surface area contributed by atoms with Crippen molar-refractivity contribution in [2.75, 3.05) is 36.4 Å². The van der Waals surface area contributed by atoms with Crippen LogP contribution < -0.4 is 10.2 Å². The third-order valence-corrected chi connectivity index (χ3v) is 6.43. The largest absolute Gasteiger partial charge is 0.367 e. The van der Waals surface area contributed by atoms with Crippen LogP contribution in [0.2, 0.25) is 0 Å². The van der Waals surface area contributed by atoms with Crippen LogP contribution in [0.1, 0.15) is 6.92 Å². The minimum Gasteiger partial charge on any atom is -0.367 e. The number of hydrogen-bond donors (Lipinski definition) is 2. The molecule has 10 heteroatoms. The lowest BCUT2D eigenvalue weighted by Crippen LogP contribution is -2.48. The smallest absolute Gasteiger partial charge is 0.228 e. The van der Waals surface area contributed by atoms with E-state index in [1.54, 1.807) is 13.1 Å². The Bertz CT molecular complexity index is 1500. The van der Waals surface area contributed by atoms with Crippen LogP contribution in [0.25, 0.3) is 28.2 Å². The average molecular weight is 480 g/mol. The van der Waals surface area contributed by atoms with Crippen molar-refractivity contribution in [2.24, 2.45) is 0 Å². The fourth-order valence-corrected chi connectivity index (χ4v) is 4.45. The number of rotatable bonds is 5. The van der Waals surface area contributed by atoms with Gasteiger partial charge in [0.25, 0.3) is 0 Å². The molecule has 1 aliphatic heterocycles. The second-order valence-corrected chi connectivity index (χ2v) is 8.67. The molecular weight excluding hydrogens is 454 g/mol. The van der Waals surface area contributed by atoms with Gasteiger partial charge in [-0.3, -0.25) is 9.20 Å². The number of carbonyl (C=O) groups is 1. The molecule has 0 radical (unpaired) electrons. The number of piperazine rings is 1. The molecule has 0 aromatic carbocycles. The van der Waals surface area contributed by atoms with Crippen LogP contribution in [0, 0.1) is 0 Å². The minimum absolute atomic E-state index is 0.125. The standard InChI is InChI=1S/C26H25N9O/c1-18(36)33-10-12-34(13-11-33)21-3-4-24(29-15-21)32-26-28-9-7-22(31-26)23-16-30-25-5-2-20(17-35(23)25)19-6-8-27-14-19/h2-9,14-17,27H,10-13H2,1H3,(H,28,29,31,32). The summed E-state index contributed by atoms with van der Waals surface area (Å²) in [5, 5.41) is 3.20. The summed E-state index contributed by atoms with van der Waals surface area (Å²) in [5.74, 6) is 1.24. The first-order valence-electron chi connectivity index (χ1n) is 11.8. The number of hydrogen-bond acceptors (Lipinski definition) is 7. The molecule has 5 aromatic rings. The number of anilines is 3. The lowest BCUT2D eigenvalue weighted by atomic mass is 10.1. The van der Waals surface area contributed by atoms with Crippen LogP contribution in [-0.4, -0.2) is 66.3 Å². The van der Waals surface area contributed by atoms with E-state index >= 15 is 0 Å². The summed E-state index contributed by atoms with van der Waals surface area (Å²) in [5.41, 5.74) is 5.70. The van der Waals surface area contributed by atoms with Gasteiger partial charge in [-0.1, -0.05) is 0 Å². The SMILES string of the molecule is CC(=O)N1CCN(c2ccc(Nc3nccc(-c4cnc5ccc(-c6cc[nH]c6)cn45)n3)nc2)CC1. The molecule has 10 nitrogen and oxygen atoms in total. The maximum atomic E-state index is 11.6. The van der Waals surface area contributed by atoms with E-state index in [0.717, 1.165) is 60.0 Å². The van der Waals surface area contributed by atoms with E-state index in [1.807, 2.05) is 64.4 Å². The van der Waals surface area contributed by atoms with Gasteiger partial charge in [0.05, 0.1) is 29.5 Å². The van der Waals surface area contributed by atoms with Crippen LogP contribution >= 0.6 is 0 Å². The van der Waals surface area contributed by atoms with Gasteiger partial charge in [-0.25, -0.2) is 19.9 Å². The highest BCUT2D eigenvalue weighted by molar-refractivity contribution is 5.73. The first-order valence-corrected chi connectivity index (χ1v) is 11.8. The molecule has 1 saturated heterocycles. The highest BCUT2D eigenvalue weighted by atomic mass is 16.2. The van der Waals surface area contributed by atoms with E-state index in [4.69, 9.17) is 4.98 Å². The number of H-pyrrole nitrogens is 1. The van der Waals surface area contributed by atoms with Gasteiger partial charge in [-0.05, 0) is 42.0 Å². The number of amides is 1. The molecule has 0 saturated carbocycles. The zero-order valence-corrected chi connectivity index (χ0v) is 19.8. The Balaban J connectivity index is 1.20. The highest BCUT2D eigenvalue weighted by Gasteiger charge is 2.19. The van der Waals surface area contributed by atoms with E-state index in [1.165, 1.54) is 0 Å². The Labute approximate surface area is 207 Å². The molecule has 0 bridgehead atoms. The Kier molecular flexibility index (Phi) is 5.53. The molecule has 1 fully saturated rings. The predicted molar refractivity (Wildman–Crippen MR) is 138 cm³/mol. The number of nitrogens with one attached hydrogen (secondary N) is 2. The fourth-order valence-electron chi connectivity index (χ4n) is 4.45. The lowest BCUT2D eigenvalue weighted by Gasteiger charge is -2.35. The van der Waals surface area contributed by atoms with Gasteiger partial charge in [0.15, 0.2) is 0 Å². The predicted octanol–water partition coefficient (Wildman–Crippen LogP) is 3.59. The molecule has 0 unspecified atom stereocenters. The van der Waals surface area contributed by atoms with Crippen molar-refractivity contribution in [3.05, 3.63) is 73.6 Å². The molecule has 1 amide bonds. The monoisotopic (exact) mass is 479 g/mol. The Morgan fingerprint density at radius 3 is 2.58 bits per heavy atom. The van der Waals surface area contributed by atoms with Crippen molar-refractivity contribution in [2.45, 2.75) is 6.92 Å². The van der Waals surface area contributed by atoms with Gasteiger partial charge < -0.3 is 20.1 Å². The van der Waals surface area contributed by atoms with Crippen LogP contribution in [0.15, 0.2) is 73.6 Å². The summed E-state index contributed by atoms with van der Waals surface area (Å²) >= 11 is 0. The molecule has 1 aliphatic rings. The van der Waals surface area contributed by atoms with Crippen LogP contribution in [-0.2, 0) is 4.79 Å². The van der Waals surface area contributed by atoms with Crippen molar-refractivity contribution < 1.29 is 4.79 Å². The van der Waals surface area contributed by atoms with Crippen molar-refractivity contribution in [3.63, 3.8) is 0 Å². The maximum absolute atomic E-state index is 11.6. The number of fused-ring (bicyclic) bond motifs is 1. The van der Waals surface area contributed by atoms with Crippen molar-refractivity contribution >= 4 is 29.0 Å². The molecule has 6 rings (SSSR count). The van der Waals surface area contributed by atoms with Crippen LogP contribution in [0.4, 0.5) is 17.5 Å². The van der Waals surface area contributed by atoms with Gasteiger partial charge in [0.2, 0.25) is 11.9 Å². The van der Waals surface area contributed by atoms with Gasteiger partial charge in [-0.2, -0.15) is 0 Å². The number of nitrogens with zero attached hydrogens (tertiary/aromatic N) is 7. The Morgan fingerprint density at radius 1 is 0.944 bits per heavy atom. The summed E-state index contributed by atoms with van der Waals surface area (Å²) in [6.45, 7) is 4.66. The number of pyridine rings is 2. The molecule has 180 valence electrons. The van der Waals surface area contributed by atoms with Crippen molar-refractivity contribution in [3.8, 4) is 22.5 Å². The fraction of sp³-hybridized carbons (Fsp3) is 0.192. The first-order chi connectivity index (χ1) is 17.6. The number of aromatic amines is 1. The molecule has 0 atom stereocenters. The second kappa shape index (κ2) is 9.14. The third kappa shape index (κ3) is 4.24. The van der Waals surface area contributed by atoms with E-state index in [2.05, 4.69) is 42.4 Å². The average Bonchev–Trinajstić information content (AvgIpc) is 3.60. The summed E-state index contributed by atoms with van der Waals surface area (Å²) < 4.78 is 2.04. The zero-order valence-electron chi connectivity index (χ0n) is 19.8. The Hall–Kier alpha value is -4.73. The van der Waals surface area contributed by atoms with Gasteiger partial charge in [-0.15, -0.1) is 0 Å². The minimum atomic E-state index is 0.125. The van der Waals surface area contributed by atoms with Crippen molar-refractivity contribution in [1.29, 1.82) is 0 Å². The molecule has 36 heavy (non-hydrogen) atoms. The molecule has 0 spiro atoms. The van der Waals surface area contributed by atoms with Gasteiger partial charge >= 0.3 is 0 Å². The molecular formula is C26H25N9O. The zero-order chi connectivity index (χ0) is 24.5. The lowest BCUT2D eigenvalue weighted by molar-refractivity contribution is -0.129. The third-order valence-electron chi connectivity index (χ3n) is 6.43. The van der Waals surface area contributed by atoms with Crippen LogP contribution in [0.3, 0.4) is 0 Å². The summed E-state index contributed by atoms with van der Waals surface area (Å²) in [7, 11) is 0. The number of aromatic nitrogens is 6. The van der Waals surface area contributed by atoms with Gasteiger partial charge in [0, 0.05) is 63.5 Å². The topological polar surface area (TPSA) is 107 Å². The summed E-state index contributed by atoms with van der Waals surface area (Å²) in [6, 6.07) is 11.9. The van der Waals surface area contributed by atoms with Crippen molar-refractivity contribution in [1.82, 2.24) is 34.2 Å². The Morgan fingerprint density at radius 2 is 1.83 bits per heavy atom. The maximum Gasteiger partial charge on any atom is 0.228 e. The number of imidazole rings is 1. The van der Waals surface area contributed by atoms with E-state index in [0.29, 0.717) is 11.8 Å². The first kappa shape index (κ1) is 21.8. The van der Waals surface area contributed by atoms with E-state index in [9.17, 15) is 4.79 Å². The number of carbonyl (C=O) groups excluding carboxylic acids is 1. The quantitative estimate of drug-likeness (QED) is 0.397. The van der Waals surface area contributed by atoms with E-state index < -0.39 is 0 Å². The normalized spacial score (nSPS) is 13.8. The molecule has 0 aliphatic carbocycles. The highest BCUT2D eigenvalue weighted by Crippen LogP contribution is 2.25. The van der Waals surface area contributed by atoms with Crippen LogP contribution in [0.5, 0.6) is 0 Å². The summed E-state index contributed by atoms with van der Waals surface area (Å²) in [4.78, 5) is 36.9. The second-order valence-electron chi connectivity index (χ2n) is 8.67. The van der Waals surface area contributed by atoms with E-state index in [-0.39, 0.29) is 5.91 Å². The summed E-state index contributed by atoms with van der Waals surface area (Å²) in [6.07, 6.45) is 11.3. The molecule has 5 aromatic heterocycles. The molecule has 2 N–H and O–H groups in total. The molecule has 6 heterocycles.